The van der Waals surface area contributed by atoms with Crippen LogP contribution in [-0.4, -0.2) is 11.2 Å². The van der Waals surface area contributed by atoms with E-state index in [1.807, 2.05) is 18.2 Å². The van der Waals surface area contributed by atoms with Crippen molar-refractivity contribution < 1.29 is 18.7 Å². The molecule has 0 spiro atoms. The van der Waals surface area contributed by atoms with Gasteiger partial charge in [0.2, 0.25) is 0 Å². The van der Waals surface area contributed by atoms with Gasteiger partial charge in [0.25, 0.3) is 0 Å². The summed E-state index contributed by atoms with van der Waals surface area (Å²) in [4.78, 5) is 0. The van der Waals surface area contributed by atoms with Crippen LogP contribution in [0.2, 0.25) is 0 Å². The molecule has 0 heterocycles. The maximum Gasteiger partial charge on any atom is 0.411 e. The fourth-order valence-electron chi connectivity index (χ4n) is 3.81. The highest BCUT2D eigenvalue weighted by molar-refractivity contribution is 7.62. The van der Waals surface area contributed by atoms with Crippen LogP contribution in [0.4, 0.5) is 0 Å². The second-order valence-electron chi connectivity index (χ2n) is 7.89. The van der Waals surface area contributed by atoms with Crippen molar-refractivity contribution in [2.75, 3.05) is 0 Å². The molecule has 1 unspecified atom stereocenters. The fraction of sp³-hybridized carbons (Fsp3) is 0.455. The van der Waals surface area contributed by atoms with Crippen molar-refractivity contribution in [1.82, 2.24) is 0 Å². The molecule has 2 aromatic carbocycles. The molecule has 0 bridgehead atoms. The summed E-state index contributed by atoms with van der Waals surface area (Å²) in [6.07, 6.45) is 3.05. The summed E-state index contributed by atoms with van der Waals surface area (Å²) in [5.41, 5.74) is 0. The Hall–Kier alpha value is -1.77. The van der Waals surface area contributed by atoms with Crippen LogP contribution >= 0.6 is 7.60 Å². The Kier molecular flexibility index (Phi) is 6.29. The molecular formula is C22H29O4P. The van der Waals surface area contributed by atoms with Crippen LogP contribution in [0.5, 0.6) is 11.5 Å². The lowest BCUT2D eigenvalue weighted by Crippen LogP contribution is -2.35. The maximum absolute atomic E-state index is 13.9. The number of hydrogen-bond acceptors (Lipinski definition) is 4. The highest BCUT2D eigenvalue weighted by Gasteiger charge is 2.39. The van der Waals surface area contributed by atoms with Crippen molar-refractivity contribution in [2.24, 2.45) is 17.8 Å². The van der Waals surface area contributed by atoms with Crippen molar-refractivity contribution in [3.8, 4) is 11.5 Å². The van der Waals surface area contributed by atoms with Gasteiger partial charge >= 0.3 is 7.60 Å². The van der Waals surface area contributed by atoms with E-state index in [-0.39, 0.29) is 11.9 Å². The van der Waals surface area contributed by atoms with Crippen molar-refractivity contribution in [3.63, 3.8) is 0 Å². The van der Waals surface area contributed by atoms with E-state index in [9.17, 15) is 9.67 Å². The maximum atomic E-state index is 13.9. The largest absolute Gasteiger partial charge is 0.508 e. The predicted molar refractivity (Wildman–Crippen MR) is 109 cm³/mol. The molecule has 1 aliphatic carbocycles. The molecule has 4 atom stereocenters. The topological polar surface area (TPSA) is 55.8 Å². The van der Waals surface area contributed by atoms with Gasteiger partial charge in [-0.15, -0.1) is 0 Å². The van der Waals surface area contributed by atoms with Crippen molar-refractivity contribution >= 4 is 12.9 Å². The van der Waals surface area contributed by atoms with Crippen LogP contribution in [0.15, 0.2) is 54.6 Å². The number of hydrogen-bond donors (Lipinski definition) is 1. The van der Waals surface area contributed by atoms with Gasteiger partial charge in [0.05, 0.1) is 11.4 Å². The van der Waals surface area contributed by atoms with Gasteiger partial charge in [-0.2, -0.15) is 0 Å². The van der Waals surface area contributed by atoms with Gasteiger partial charge in [0.1, 0.15) is 11.5 Å². The minimum Gasteiger partial charge on any atom is -0.508 e. The van der Waals surface area contributed by atoms with Crippen LogP contribution in [0.3, 0.4) is 0 Å². The number of phenols is 1. The Morgan fingerprint density at radius 1 is 1.04 bits per heavy atom. The number of rotatable bonds is 6. The van der Waals surface area contributed by atoms with E-state index in [4.69, 9.17) is 9.05 Å². The molecular weight excluding hydrogens is 359 g/mol. The van der Waals surface area contributed by atoms with E-state index in [1.165, 1.54) is 18.6 Å². The van der Waals surface area contributed by atoms with E-state index in [0.717, 1.165) is 12.8 Å². The van der Waals surface area contributed by atoms with E-state index in [2.05, 4.69) is 20.8 Å². The summed E-state index contributed by atoms with van der Waals surface area (Å²) in [6.45, 7) is 6.62. The first kappa shape index (κ1) is 20.0. The smallest absolute Gasteiger partial charge is 0.411 e. The molecule has 0 saturated heterocycles. The molecule has 1 saturated carbocycles. The average Bonchev–Trinajstić information content (AvgIpc) is 2.64. The Morgan fingerprint density at radius 3 is 2.33 bits per heavy atom. The zero-order valence-electron chi connectivity index (χ0n) is 16.2. The Morgan fingerprint density at radius 2 is 1.70 bits per heavy atom. The Bertz CT molecular complexity index is 773. The van der Waals surface area contributed by atoms with Crippen LogP contribution in [0.1, 0.15) is 40.0 Å². The van der Waals surface area contributed by atoms with E-state index in [0.29, 0.717) is 28.8 Å². The summed E-state index contributed by atoms with van der Waals surface area (Å²) < 4.78 is 26.2. The fourth-order valence-corrected chi connectivity index (χ4v) is 5.61. The summed E-state index contributed by atoms with van der Waals surface area (Å²) >= 11 is 0. The van der Waals surface area contributed by atoms with Gasteiger partial charge in [0.15, 0.2) is 0 Å². The van der Waals surface area contributed by atoms with Crippen LogP contribution < -0.4 is 9.83 Å². The highest BCUT2D eigenvalue weighted by atomic mass is 31.2. The van der Waals surface area contributed by atoms with Crippen molar-refractivity contribution in [1.29, 1.82) is 0 Å². The molecule has 4 nitrogen and oxygen atoms in total. The molecule has 3 rings (SSSR count). The monoisotopic (exact) mass is 388 g/mol. The van der Waals surface area contributed by atoms with E-state index >= 15 is 0 Å². The summed E-state index contributed by atoms with van der Waals surface area (Å²) in [7, 11) is -3.56. The Balaban J connectivity index is 1.91. The molecule has 0 aromatic heterocycles. The number of benzene rings is 2. The third kappa shape index (κ3) is 4.94. The zero-order valence-corrected chi connectivity index (χ0v) is 17.1. The summed E-state index contributed by atoms with van der Waals surface area (Å²) in [5, 5.41) is 10.1. The van der Waals surface area contributed by atoms with Gasteiger partial charge in [-0.3, -0.25) is 4.52 Å². The molecule has 1 aliphatic rings. The van der Waals surface area contributed by atoms with Crippen molar-refractivity contribution in [3.05, 3.63) is 54.6 Å². The normalized spacial score (nSPS) is 25.1. The number of aromatic hydroxyl groups is 1. The molecule has 1 fully saturated rings. The molecule has 0 aliphatic heterocycles. The lowest BCUT2D eigenvalue weighted by atomic mass is 9.75. The van der Waals surface area contributed by atoms with E-state index < -0.39 is 7.60 Å². The minimum absolute atomic E-state index is 0.100. The quantitative estimate of drug-likeness (QED) is 0.639. The molecule has 5 heteroatoms. The van der Waals surface area contributed by atoms with Gasteiger partial charge < -0.3 is 9.63 Å². The highest BCUT2D eigenvalue weighted by Crippen LogP contribution is 2.52. The van der Waals surface area contributed by atoms with Crippen LogP contribution in [-0.2, 0) is 9.09 Å². The average molecular weight is 388 g/mol. The SMILES string of the molecule is CC(C)[C@@H]1CC[C@@H](C)C[C@H]1OP(=O)(Oc1ccc(O)cc1)c1ccccc1. The molecule has 146 valence electrons. The lowest BCUT2D eigenvalue weighted by molar-refractivity contribution is 0.0414. The molecule has 27 heavy (non-hydrogen) atoms. The summed E-state index contributed by atoms with van der Waals surface area (Å²) in [6, 6.07) is 15.4. The summed E-state index contributed by atoms with van der Waals surface area (Å²) in [5.74, 6) is 1.92. The first-order chi connectivity index (χ1) is 12.9. The standard InChI is InChI=1S/C22H29O4P/c1-16(2)21-14-9-17(3)15-22(21)26-27(24,20-7-5-4-6-8-20)25-19-12-10-18(23)11-13-19/h4-8,10-13,16-17,21-23H,9,14-15H2,1-3H3/t17-,21+,22-,27?/m1/s1. The van der Waals surface area contributed by atoms with Gasteiger partial charge in [-0.05, 0) is 67.0 Å². The van der Waals surface area contributed by atoms with Gasteiger partial charge in [0, 0.05) is 0 Å². The second-order valence-corrected chi connectivity index (χ2v) is 9.79. The minimum atomic E-state index is -3.56. The molecule has 0 amide bonds. The third-order valence-corrected chi connectivity index (χ3v) is 7.30. The Labute approximate surface area is 162 Å². The molecule has 0 radical (unpaired) electrons. The number of phenolic OH excluding ortho intramolecular Hbond substituents is 1. The van der Waals surface area contributed by atoms with Gasteiger partial charge in [-0.25, -0.2) is 4.57 Å². The lowest BCUT2D eigenvalue weighted by Gasteiger charge is -2.38. The molecule has 1 N–H and O–H groups in total. The van der Waals surface area contributed by atoms with Gasteiger partial charge in [-0.1, -0.05) is 45.4 Å². The predicted octanol–water partition coefficient (Wildman–Crippen LogP) is 5.77. The first-order valence-electron chi connectivity index (χ1n) is 9.70. The third-order valence-electron chi connectivity index (χ3n) is 5.37. The first-order valence-corrected chi connectivity index (χ1v) is 11.2. The molecule has 2 aromatic rings. The van der Waals surface area contributed by atoms with Crippen LogP contribution in [0.25, 0.3) is 0 Å². The van der Waals surface area contributed by atoms with Crippen molar-refractivity contribution in [2.45, 2.75) is 46.1 Å². The zero-order chi connectivity index (χ0) is 19.4. The van der Waals surface area contributed by atoms with E-state index in [1.54, 1.807) is 24.3 Å². The second kappa shape index (κ2) is 8.50. The van der Waals surface area contributed by atoms with Crippen LogP contribution in [0, 0.1) is 17.8 Å².